The van der Waals surface area contributed by atoms with Crippen LogP contribution in [0.3, 0.4) is 0 Å². The van der Waals surface area contributed by atoms with Gasteiger partial charge in [-0.2, -0.15) is 18.4 Å². The lowest BCUT2D eigenvalue weighted by Gasteiger charge is -2.14. The SMILES string of the molecule is C=C(F)C(=O)Nc1ccc(-c2c(-c3ccc(C(=O)NCC(F)(F)F)c(OC)c3)c3c(N)ncc(C#N)c3n2C)cc1. The summed E-state index contributed by atoms with van der Waals surface area (Å²) in [6, 6.07) is 12.8. The molecule has 0 aliphatic carbocycles. The Bertz CT molecular complexity index is 1740. The molecule has 0 aliphatic heterocycles. The molecule has 2 aromatic heterocycles. The third-order valence-corrected chi connectivity index (χ3v) is 6.21. The van der Waals surface area contributed by atoms with Crippen molar-refractivity contribution in [2.75, 3.05) is 24.7 Å². The number of nitrogens with one attached hydrogen (secondary N) is 2. The van der Waals surface area contributed by atoms with Gasteiger partial charge < -0.3 is 25.7 Å². The van der Waals surface area contributed by atoms with Gasteiger partial charge in [0.1, 0.15) is 24.2 Å². The molecule has 0 radical (unpaired) electrons. The Morgan fingerprint density at radius 3 is 2.41 bits per heavy atom. The van der Waals surface area contributed by atoms with E-state index in [1.165, 1.54) is 31.5 Å². The van der Waals surface area contributed by atoms with E-state index in [0.29, 0.717) is 39.0 Å². The third kappa shape index (κ3) is 5.67. The van der Waals surface area contributed by atoms with Crippen molar-refractivity contribution >= 4 is 34.2 Å². The molecule has 13 heteroatoms. The number of benzene rings is 2. The van der Waals surface area contributed by atoms with Crippen LogP contribution in [0.2, 0.25) is 0 Å². The van der Waals surface area contributed by atoms with Crippen LogP contribution in [0.4, 0.5) is 29.1 Å². The molecule has 0 unspecified atom stereocenters. The number of nitriles is 1. The summed E-state index contributed by atoms with van der Waals surface area (Å²) >= 11 is 0. The van der Waals surface area contributed by atoms with Gasteiger partial charge in [-0.15, -0.1) is 0 Å². The van der Waals surface area contributed by atoms with Crippen LogP contribution in [0.1, 0.15) is 15.9 Å². The minimum absolute atomic E-state index is 0.00221. The highest BCUT2D eigenvalue weighted by atomic mass is 19.4. The number of anilines is 2. The molecule has 0 aliphatic rings. The fraction of sp³-hybridized carbons (Fsp3) is 0.143. The molecule has 0 saturated heterocycles. The molecule has 0 saturated carbocycles. The quantitative estimate of drug-likeness (QED) is 0.211. The summed E-state index contributed by atoms with van der Waals surface area (Å²) in [6.07, 6.45) is -3.26. The van der Waals surface area contributed by atoms with Crippen molar-refractivity contribution in [3.63, 3.8) is 0 Å². The second kappa shape index (κ2) is 11.0. The molecule has 4 aromatic rings. The monoisotopic (exact) mass is 566 g/mol. The van der Waals surface area contributed by atoms with Crippen molar-refractivity contribution in [3.8, 4) is 34.2 Å². The highest BCUT2D eigenvalue weighted by Crippen LogP contribution is 2.44. The number of carbonyl (C=O) groups excluding carboxylic acids is 2. The van der Waals surface area contributed by atoms with Gasteiger partial charge in [0, 0.05) is 24.5 Å². The Labute approximate surface area is 230 Å². The third-order valence-electron chi connectivity index (χ3n) is 6.21. The minimum atomic E-state index is -4.60. The van der Waals surface area contributed by atoms with E-state index in [0.717, 1.165) is 0 Å². The van der Waals surface area contributed by atoms with Crippen LogP contribution >= 0.6 is 0 Å². The molecule has 2 aromatic carbocycles. The number of nitrogens with two attached hydrogens (primary N) is 1. The normalized spacial score (nSPS) is 11.1. The number of hydrogen-bond donors (Lipinski definition) is 3. The van der Waals surface area contributed by atoms with Crippen molar-refractivity contribution in [1.82, 2.24) is 14.9 Å². The molecule has 9 nitrogen and oxygen atoms in total. The number of rotatable bonds is 7. The van der Waals surface area contributed by atoms with Crippen molar-refractivity contribution in [1.29, 1.82) is 5.26 Å². The van der Waals surface area contributed by atoms with Gasteiger partial charge in [0.2, 0.25) is 0 Å². The lowest BCUT2D eigenvalue weighted by molar-refractivity contribution is -0.123. The average molecular weight is 567 g/mol. The Balaban J connectivity index is 1.92. The van der Waals surface area contributed by atoms with Crippen LogP contribution in [0.15, 0.2) is 61.1 Å². The zero-order chi connectivity index (χ0) is 30.1. The number of pyridine rings is 1. The maximum Gasteiger partial charge on any atom is 0.405 e. The second-order valence-electron chi connectivity index (χ2n) is 8.82. The molecule has 210 valence electrons. The number of fused-ring (bicyclic) bond motifs is 1. The van der Waals surface area contributed by atoms with E-state index in [2.05, 4.69) is 22.9 Å². The fourth-order valence-electron chi connectivity index (χ4n) is 4.43. The minimum Gasteiger partial charge on any atom is -0.496 e. The molecule has 0 bridgehead atoms. The van der Waals surface area contributed by atoms with E-state index in [4.69, 9.17) is 10.5 Å². The van der Waals surface area contributed by atoms with Crippen molar-refractivity contribution in [2.45, 2.75) is 6.18 Å². The zero-order valence-electron chi connectivity index (χ0n) is 21.7. The first-order valence-electron chi connectivity index (χ1n) is 11.8. The predicted molar refractivity (Wildman–Crippen MR) is 145 cm³/mol. The van der Waals surface area contributed by atoms with E-state index in [-0.39, 0.29) is 22.7 Å². The zero-order valence-corrected chi connectivity index (χ0v) is 21.7. The summed E-state index contributed by atoms with van der Waals surface area (Å²) in [5.74, 6) is -3.02. The average Bonchev–Trinajstić information content (AvgIpc) is 3.25. The topological polar surface area (TPSA) is 135 Å². The Morgan fingerprint density at radius 2 is 1.83 bits per heavy atom. The van der Waals surface area contributed by atoms with Gasteiger partial charge in [-0.1, -0.05) is 24.8 Å². The summed E-state index contributed by atoms with van der Waals surface area (Å²) in [6.45, 7) is 1.45. The number of carbonyl (C=O) groups is 2. The molecule has 4 N–H and O–H groups in total. The van der Waals surface area contributed by atoms with Crippen LogP contribution in [0.5, 0.6) is 5.75 Å². The summed E-state index contributed by atoms with van der Waals surface area (Å²) in [5, 5.41) is 14.4. The standard InChI is InChI=1S/C28H22F4N6O3/c1-14(29)26(39)37-18-7-4-15(5-8-18)23-21(22-24(38(23)2)17(11-33)12-35-25(22)34)16-6-9-19(20(10-16)41-3)27(40)36-13-28(30,31)32/h4-10,12H,1,13H2,2-3H3,(H2,34,35)(H,36,40)(H,37,39). The van der Waals surface area contributed by atoms with Crippen molar-refractivity contribution < 1.29 is 31.9 Å². The maximum atomic E-state index is 13.1. The summed E-state index contributed by atoms with van der Waals surface area (Å²) < 4.78 is 58.2. The van der Waals surface area contributed by atoms with Crippen LogP contribution in [0, 0.1) is 11.3 Å². The van der Waals surface area contributed by atoms with E-state index < -0.39 is 30.4 Å². The number of amides is 2. The first kappa shape index (κ1) is 28.6. The van der Waals surface area contributed by atoms with Gasteiger partial charge >= 0.3 is 6.18 Å². The molecule has 2 amide bonds. The number of aryl methyl sites for hydroxylation is 1. The number of ether oxygens (including phenoxy) is 1. The fourth-order valence-corrected chi connectivity index (χ4v) is 4.43. The highest BCUT2D eigenvalue weighted by molar-refractivity contribution is 6.11. The van der Waals surface area contributed by atoms with Gasteiger partial charge in [0.15, 0.2) is 5.83 Å². The molecular weight excluding hydrogens is 544 g/mol. The van der Waals surface area contributed by atoms with Gasteiger partial charge in [-0.3, -0.25) is 9.59 Å². The molecular formula is C28H22F4N6O3. The van der Waals surface area contributed by atoms with Gasteiger partial charge in [0.25, 0.3) is 11.8 Å². The molecule has 0 spiro atoms. The lowest BCUT2D eigenvalue weighted by Crippen LogP contribution is -2.33. The first-order valence-corrected chi connectivity index (χ1v) is 11.8. The number of methoxy groups -OCH3 is 1. The van der Waals surface area contributed by atoms with Crippen molar-refractivity contribution in [2.24, 2.45) is 7.05 Å². The number of alkyl halides is 3. The summed E-state index contributed by atoms with van der Waals surface area (Å²) in [7, 11) is 2.98. The van der Waals surface area contributed by atoms with Crippen LogP contribution < -0.4 is 21.1 Å². The van der Waals surface area contributed by atoms with Gasteiger partial charge in [0.05, 0.1) is 34.8 Å². The van der Waals surface area contributed by atoms with E-state index in [1.54, 1.807) is 35.9 Å². The summed E-state index contributed by atoms with van der Waals surface area (Å²) in [4.78, 5) is 28.3. The number of hydrogen-bond acceptors (Lipinski definition) is 6. The Kier molecular flexibility index (Phi) is 7.69. The smallest absolute Gasteiger partial charge is 0.405 e. The molecule has 41 heavy (non-hydrogen) atoms. The molecule has 0 atom stereocenters. The van der Waals surface area contributed by atoms with Gasteiger partial charge in [-0.25, -0.2) is 9.37 Å². The lowest BCUT2D eigenvalue weighted by atomic mass is 9.96. The van der Waals surface area contributed by atoms with Crippen LogP contribution in [0.25, 0.3) is 33.3 Å². The number of halogens is 4. The Hall–Kier alpha value is -5.38. The van der Waals surface area contributed by atoms with Crippen LogP contribution in [-0.2, 0) is 11.8 Å². The van der Waals surface area contributed by atoms with Crippen LogP contribution in [-0.4, -0.2) is 41.2 Å². The highest BCUT2D eigenvalue weighted by Gasteiger charge is 2.29. The number of aromatic nitrogens is 2. The van der Waals surface area contributed by atoms with E-state index in [9.17, 15) is 32.4 Å². The first-order chi connectivity index (χ1) is 19.4. The molecule has 2 heterocycles. The Morgan fingerprint density at radius 1 is 1.17 bits per heavy atom. The van der Waals surface area contributed by atoms with Crippen molar-refractivity contribution in [3.05, 3.63) is 72.2 Å². The maximum absolute atomic E-state index is 13.1. The van der Waals surface area contributed by atoms with E-state index >= 15 is 0 Å². The summed E-state index contributed by atoms with van der Waals surface area (Å²) in [5.41, 5.74) is 9.27. The molecule has 4 rings (SSSR count). The van der Waals surface area contributed by atoms with E-state index in [1.807, 2.05) is 5.32 Å². The predicted octanol–water partition coefficient (Wildman–Crippen LogP) is 5.08. The number of nitrogen functional groups attached to an aromatic ring is 1. The number of nitrogens with zero attached hydrogens (tertiary/aromatic N) is 3. The second-order valence-corrected chi connectivity index (χ2v) is 8.82. The largest absolute Gasteiger partial charge is 0.496 e. The molecule has 0 fully saturated rings. The van der Waals surface area contributed by atoms with Gasteiger partial charge in [-0.05, 0) is 35.4 Å².